The SMILES string of the molecule is CCc1cc2cc(Cl)c(OCC(C)C)c(COc3ccc(CCC(=O)O)c(C)c3C)c2o1. The van der Waals surface area contributed by atoms with E-state index >= 15 is 0 Å². The van der Waals surface area contributed by atoms with E-state index < -0.39 is 5.97 Å². The highest BCUT2D eigenvalue weighted by atomic mass is 35.5. The van der Waals surface area contributed by atoms with Crippen molar-refractivity contribution in [3.63, 3.8) is 0 Å². The van der Waals surface area contributed by atoms with Gasteiger partial charge in [-0.25, -0.2) is 0 Å². The topological polar surface area (TPSA) is 68.9 Å². The lowest BCUT2D eigenvalue weighted by atomic mass is 9.99. The van der Waals surface area contributed by atoms with Crippen LogP contribution in [0.1, 0.15) is 55.2 Å². The fourth-order valence-corrected chi connectivity index (χ4v) is 3.92. The zero-order chi connectivity index (χ0) is 23.4. The zero-order valence-electron chi connectivity index (χ0n) is 19.4. The molecule has 0 bridgehead atoms. The number of halogens is 1. The summed E-state index contributed by atoms with van der Waals surface area (Å²) in [5, 5.41) is 10.4. The van der Waals surface area contributed by atoms with Gasteiger partial charge in [0.15, 0.2) is 0 Å². The summed E-state index contributed by atoms with van der Waals surface area (Å²) in [6, 6.07) is 7.72. The van der Waals surface area contributed by atoms with E-state index in [4.69, 9.17) is 30.6 Å². The Morgan fingerprint density at radius 2 is 1.91 bits per heavy atom. The molecule has 32 heavy (non-hydrogen) atoms. The minimum absolute atomic E-state index is 0.107. The van der Waals surface area contributed by atoms with Gasteiger partial charge >= 0.3 is 5.97 Å². The van der Waals surface area contributed by atoms with Crippen molar-refractivity contribution in [1.82, 2.24) is 0 Å². The van der Waals surface area contributed by atoms with E-state index in [2.05, 4.69) is 13.8 Å². The van der Waals surface area contributed by atoms with Crippen LogP contribution in [0, 0.1) is 19.8 Å². The smallest absolute Gasteiger partial charge is 0.303 e. The molecule has 3 aromatic rings. The summed E-state index contributed by atoms with van der Waals surface area (Å²) in [5.74, 6) is 1.77. The molecule has 0 spiro atoms. The lowest BCUT2D eigenvalue weighted by Crippen LogP contribution is -2.09. The first-order chi connectivity index (χ1) is 15.2. The molecule has 0 atom stereocenters. The third kappa shape index (κ3) is 5.39. The normalized spacial score (nSPS) is 11.3. The Morgan fingerprint density at radius 1 is 1.16 bits per heavy atom. The van der Waals surface area contributed by atoms with E-state index in [1.54, 1.807) is 0 Å². The van der Waals surface area contributed by atoms with Gasteiger partial charge < -0.3 is 19.0 Å². The Kier molecular flexibility index (Phi) is 7.73. The van der Waals surface area contributed by atoms with E-state index in [1.807, 2.05) is 45.0 Å². The first kappa shape index (κ1) is 24.0. The molecular weight excluding hydrogens is 428 g/mol. The number of carboxylic acids is 1. The lowest BCUT2D eigenvalue weighted by molar-refractivity contribution is -0.136. The molecule has 5 nitrogen and oxygen atoms in total. The molecule has 0 aliphatic rings. The molecule has 1 heterocycles. The number of hydrogen-bond acceptors (Lipinski definition) is 4. The molecule has 1 aromatic heterocycles. The molecule has 0 aliphatic carbocycles. The van der Waals surface area contributed by atoms with Gasteiger partial charge in [0.25, 0.3) is 0 Å². The summed E-state index contributed by atoms with van der Waals surface area (Å²) < 4.78 is 18.4. The monoisotopic (exact) mass is 458 g/mol. The number of benzene rings is 2. The summed E-state index contributed by atoms with van der Waals surface area (Å²) >= 11 is 6.59. The molecule has 3 rings (SSSR count). The van der Waals surface area contributed by atoms with Gasteiger partial charge in [0, 0.05) is 18.2 Å². The second-order valence-electron chi connectivity index (χ2n) is 8.51. The molecule has 172 valence electrons. The van der Waals surface area contributed by atoms with Crippen molar-refractivity contribution >= 4 is 28.5 Å². The van der Waals surface area contributed by atoms with Gasteiger partial charge in [-0.1, -0.05) is 38.4 Å². The maximum atomic E-state index is 10.9. The van der Waals surface area contributed by atoms with Crippen LogP contribution in [-0.4, -0.2) is 17.7 Å². The Balaban J connectivity index is 1.93. The van der Waals surface area contributed by atoms with Crippen molar-refractivity contribution in [2.24, 2.45) is 5.92 Å². The first-order valence-electron chi connectivity index (χ1n) is 11.0. The highest BCUT2D eigenvalue weighted by molar-refractivity contribution is 6.33. The number of carbonyl (C=O) groups is 1. The second kappa shape index (κ2) is 10.3. The number of fused-ring (bicyclic) bond motifs is 1. The minimum atomic E-state index is -0.800. The summed E-state index contributed by atoms with van der Waals surface area (Å²) in [6.45, 7) is 11.0. The largest absolute Gasteiger partial charge is 0.491 e. The van der Waals surface area contributed by atoms with Gasteiger partial charge in [-0.15, -0.1) is 0 Å². The van der Waals surface area contributed by atoms with Crippen molar-refractivity contribution in [2.75, 3.05) is 6.61 Å². The molecular formula is C26H31ClO5. The number of aliphatic carboxylic acids is 1. The number of furan rings is 1. The second-order valence-corrected chi connectivity index (χ2v) is 8.92. The van der Waals surface area contributed by atoms with Crippen molar-refractivity contribution in [2.45, 2.75) is 60.5 Å². The molecule has 1 N–H and O–H groups in total. The third-order valence-corrected chi connectivity index (χ3v) is 5.88. The predicted molar refractivity (Wildman–Crippen MR) is 127 cm³/mol. The summed E-state index contributed by atoms with van der Waals surface area (Å²) in [5.41, 5.74) is 4.58. The van der Waals surface area contributed by atoms with Gasteiger partial charge in [-0.3, -0.25) is 4.79 Å². The molecule has 0 radical (unpaired) electrons. The number of ether oxygens (including phenoxy) is 2. The van der Waals surface area contributed by atoms with Crippen LogP contribution in [0.2, 0.25) is 5.02 Å². The number of carboxylic acid groups (broad SMARTS) is 1. The van der Waals surface area contributed by atoms with Crippen LogP contribution in [0.25, 0.3) is 11.0 Å². The standard InChI is InChI=1S/C26H31ClO5/c1-6-20-11-19-12-22(27)26(31-13-15(2)3)21(25(19)32-20)14-30-23-9-7-18(8-10-24(28)29)16(4)17(23)5/h7,9,11-12,15H,6,8,10,13-14H2,1-5H3,(H,28,29). The molecule has 0 saturated carbocycles. The number of hydrogen-bond donors (Lipinski definition) is 1. The van der Waals surface area contributed by atoms with Crippen LogP contribution in [0.3, 0.4) is 0 Å². The zero-order valence-corrected chi connectivity index (χ0v) is 20.1. The highest BCUT2D eigenvalue weighted by Crippen LogP contribution is 2.38. The Bertz CT molecular complexity index is 1110. The first-order valence-corrected chi connectivity index (χ1v) is 11.4. The maximum absolute atomic E-state index is 10.9. The van der Waals surface area contributed by atoms with Gasteiger partial charge in [0.1, 0.15) is 29.4 Å². The fourth-order valence-electron chi connectivity index (χ4n) is 3.63. The summed E-state index contributed by atoms with van der Waals surface area (Å²) in [4.78, 5) is 10.9. The molecule has 0 amide bonds. The molecule has 6 heteroatoms. The summed E-state index contributed by atoms with van der Waals surface area (Å²) in [7, 11) is 0. The minimum Gasteiger partial charge on any atom is -0.491 e. The van der Waals surface area contributed by atoms with Crippen LogP contribution in [0.4, 0.5) is 0 Å². The Labute approximate surface area is 194 Å². The number of aryl methyl sites for hydroxylation is 2. The van der Waals surface area contributed by atoms with Crippen molar-refractivity contribution in [3.05, 3.63) is 57.3 Å². The van der Waals surface area contributed by atoms with Crippen LogP contribution in [0.5, 0.6) is 11.5 Å². The fraction of sp³-hybridized carbons (Fsp3) is 0.423. The quantitative estimate of drug-likeness (QED) is 0.358. The molecule has 0 saturated heterocycles. The van der Waals surface area contributed by atoms with E-state index in [9.17, 15) is 4.79 Å². The van der Waals surface area contributed by atoms with E-state index in [-0.39, 0.29) is 13.0 Å². The lowest BCUT2D eigenvalue weighted by Gasteiger charge is -2.18. The van der Waals surface area contributed by atoms with Crippen molar-refractivity contribution in [3.8, 4) is 11.5 Å². The average molecular weight is 459 g/mol. The van der Waals surface area contributed by atoms with E-state index in [0.29, 0.717) is 29.7 Å². The molecule has 0 unspecified atom stereocenters. The predicted octanol–water partition coefficient (Wildman–Crippen LogP) is 6.90. The Hall–Kier alpha value is -2.66. The third-order valence-electron chi connectivity index (χ3n) is 5.60. The van der Waals surface area contributed by atoms with Crippen LogP contribution < -0.4 is 9.47 Å². The van der Waals surface area contributed by atoms with E-state index in [0.717, 1.165) is 51.2 Å². The van der Waals surface area contributed by atoms with Crippen LogP contribution >= 0.6 is 11.6 Å². The summed E-state index contributed by atoms with van der Waals surface area (Å²) in [6.07, 6.45) is 1.39. The van der Waals surface area contributed by atoms with Crippen molar-refractivity contribution < 1.29 is 23.8 Å². The van der Waals surface area contributed by atoms with Gasteiger partial charge in [0.2, 0.25) is 0 Å². The van der Waals surface area contributed by atoms with Gasteiger partial charge in [-0.2, -0.15) is 0 Å². The Morgan fingerprint density at radius 3 is 2.56 bits per heavy atom. The maximum Gasteiger partial charge on any atom is 0.303 e. The van der Waals surface area contributed by atoms with Crippen LogP contribution in [0.15, 0.2) is 28.7 Å². The van der Waals surface area contributed by atoms with Crippen molar-refractivity contribution in [1.29, 1.82) is 0 Å². The highest BCUT2D eigenvalue weighted by Gasteiger charge is 2.20. The van der Waals surface area contributed by atoms with Gasteiger partial charge in [0.05, 0.1) is 17.2 Å². The molecule has 0 fully saturated rings. The van der Waals surface area contributed by atoms with Crippen LogP contribution in [-0.2, 0) is 24.2 Å². The van der Waals surface area contributed by atoms with Gasteiger partial charge in [-0.05, 0) is 61.1 Å². The van der Waals surface area contributed by atoms with E-state index in [1.165, 1.54) is 0 Å². The average Bonchev–Trinajstić information content (AvgIpc) is 3.15. The molecule has 2 aromatic carbocycles. The molecule has 0 aliphatic heterocycles. The number of rotatable bonds is 10.